The van der Waals surface area contributed by atoms with Crippen molar-refractivity contribution in [1.82, 2.24) is 0 Å². The summed E-state index contributed by atoms with van der Waals surface area (Å²) in [4.78, 5) is 20.3. The van der Waals surface area contributed by atoms with E-state index < -0.39 is 17.5 Å². The van der Waals surface area contributed by atoms with Crippen molar-refractivity contribution in [2.75, 3.05) is 0 Å². The number of carbonyl (C=O) groups is 2. The van der Waals surface area contributed by atoms with Crippen LogP contribution in [-0.2, 0) is 9.59 Å². The summed E-state index contributed by atoms with van der Waals surface area (Å²) in [6, 6.07) is 0. The highest BCUT2D eigenvalue weighted by atomic mass is 16.4. The van der Waals surface area contributed by atoms with E-state index in [2.05, 4.69) is 0 Å². The first kappa shape index (κ1) is 8.68. The SMILES string of the molecule is CCC(=O)/C=C(/O)C(=O)O. The predicted molar refractivity (Wildman–Crippen MR) is 33.6 cm³/mol. The molecule has 0 fully saturated rings. The Balaban J connectivity index is 4.16. The van der Waals surface area contributed by atoms with Crippen molar-refractivity contribution in [3.05, 3.63) is 11.8 Å². The fourth-order valence-electron chi connectivity index (χ4n) is 0.316. The molecule has 0 spiro atoms. The minimum atomic E-state index is -1.48. The zero-order chi connectivity index (χ0) is 8.15. The van der Waals surface area contributed by atoms with Crippen LogP contribution in [0.1, 0.15) is 13.3 Å². The number of carbonyl (C=O) groups excluding carboxylic acids is 1. The first-order valence-corrected chi connectivity index (χ1v) is 2.74. The molecule has 0 rings (SSSR count). The molecular formula is C6H8O4. The number of aliphatic carboxylic acids is 1. The summed E-state index contributed by atoms with van der Waals surface area (Å²) >= 11 is 0. The van der Waals surface area contributed by atoms with Crippen molar-refractivity contribution in [1.29, 1.82) is 0 Å². The smallest absolute Gasteiger partial charge is 0.371 e. The van der Waals surface area contributed by atoms with Crippen LogP contribution in [0.25, 0.3) is 0 Å². The Hall–Kier alpha value is -1.32. The van der Waals surface area contributed by atoms with Gasteiger partial charge in [0.2, 0.25) is 5.76 Å². The van der Waals surface area contributed by atoms with Crippen molar-refractivity contribution in [3.8, 4) is 0 Å². The highest BCUT2D eigenvalue weighted by molar-refractivity contribution is 5.96. The second-order valence-electron chi connectivity index (χ2n) is 1.65. The van der Waals surface area contributed by atoms with Crippen LogP contribution in [0.5, 0.6) is 0 Å². The summed E-state index contributed by atoms with van der Waals surface area (Å²) in [5.41, 5.74) is 0. The zero-order valence-corrected chi connectivity index (χ0v) is 5.50. The summed E-state index contributed by atoms with van der Waals surface area (Å²) < 4.78 is 0. The van der Waals surface area contributed by atoms with Crippen LogP contribution >= 0.6 is 0 Å². The molecule has 0 atom stereocenters. The molecular weight excluding hydrogens is 136 g/mol. The van der Waals surface area contributed by atoms with Gasteiger partial charge in [-0.15, -0.1) is 0 Å². The maximum absolute atomic E-state index is 10.4. The van der Waals surface area contributed by atoms with E-state index in [0.717, 1.165) is 0 Å². The Morgan fingerprint density at radius 1 is 1.40 bits per heavy atom. The fourth-order valence-corrected chi connectivity index (χ4v) is 0.316. The molecule has 0 radical (unpaired) electrons. The van der Waals surface area contributed by atoms with Gasteiger partial charge in [-0.3, -0.25) is 4.79 Å². The van der Waals surface area contributed by atoms with Crippen LogP contribution in [0.2, 0.25) is 0 Å². The summed E-state index contributed by atoms with van der Waals surface area (Å²) in [6.45, 7) is 1.58. The molecule has 2 N–H and O–H groups in total. The highest BCUT2D eigenvalue weighted by Gasteiger charge is 2.04. The van der Waals surface area contributed by atoms with E-state index in [9.17, 15) is 9.59 Å². The fraction of sp³-hybridized carbons (Fsp3) is 0.333. The Labute approximate surface area is 57.8 Å². The topological polar surface area (TPSA) is 74.6 Å². The van der Waals surface area contributed by atoms with Gasteiger partial charge < -0.3 is 10.2 Å². The lowest BCUT2D eigenvalue weighted by atomic mass is 10.3. The Kier molecular flexibility index (Phi) is 3.17. The van der Waals surface area contributed by atoms with Crippen LogP contribution in [0, 0.1) is 0 Å². The zero-order valence-electron chi connectivity index (χ0n) is 5.50. The summed E-state index contributed by atoms with van der Waals surface area (Å²) in [5, 5.41) is 16.5. The van der Waals surface area contributed by atoms with Crippen LogP contribution < -0.4 is 0 Å². The average molecular weight is 144 g/mol. The number of ketones is 1. The molecule has 0 saturated carbocycles. The number of aliphatic hydroxyl groups excluding tert-OH is 1. The average Bonchev–Trinajstić information content (AvgIpc) is 1.87. The molecule has 0 heterocycles. The third-order valence-electron chi connectivity index (χ3n) is 0.865. The lowest BCUT2D eigenvalue weighted by Crippen LogP contribution is -2.02. The lowest BCUT2D eigenvalue weighted by Gasteiger charge is -1.88. The maximum Gasteiger partial charge on any atom is 0.371 e. The van der Waals surface area contributed by atoms with Crippen molar-refractivity contribution < 1.29 is 19.8 Å². The first-order valence-electron chi connectivity index (χ1n) is 2.74. The van der Waals surface area contributed by atoms with Gasteiger partial charge >= 0.3 is 5.97 Å². The molecule has 0 unspecified atom stereocenters. The van der Waals surface area contributed by atoms with Gasteiger partial charge in [0.25, 0.3) is 0 Å². The van der Waals surface area contributed by atoms with Crippen LogP contribution in [0.3, 0.4) is 0 Å². The van der Waals surface area contributed by atoms with Crippen molar-refractivity contribution >= 4 is 11.8 Å². The van der Waals surface area contributed by atoms with E-state index in [-0.39, 0.29) is 6.42 Å². The second kappa shape index (κ2) is 3.66. The minimum absolute atomic E-state index is 0.192. The largest absolute Gasteiger partial charge is 0.502 e. The number of allylic oxidation sites excluding steroid dienone is 1. The molecule has 10 heavy (non-hydrogen) atoms. The molecule has 0 amide bonds. The number of hydrogen-bond acceptors (Lipinski definition) is 3. The molecule has 0 aliphatic carbocycles. The van der Waals surface area contributed by atoms with Gasteiger partial charge in [-0.05, 0) is 0 Å². The molecule has 0 aromatic heterocycles. The third-order valence-corrected chi connectivity index (χ3v) is 0.865. The lowest BCUT2D eigenvalue weighted by molar-refractivity contribution is -0.135. The van der Waals surface area contributed by atoms with E-state index in [1.165, 1.54) is 0 Å². The molecule has 4 nitrogen and oxygen atoms in total. The van der Waals surface area contributed by atoms with E-state index in [1.807, 2.05) is 0 Å². The molecule has 0 aliphatic rings. The predicted octanol–water partition coefficient (Wildman–Crippen LogP) is 0.492. The Bertz CT molecular complexity index is 180. The third kappa shape index (κ3) is 2.86. The van der Waals surface area contributed by atoms with Crippen LogP contribution in [0.15, 0.2) is 11.8 Å². The number of rotatable bonds is 3. The molecule has 56 valence electrons. The second-order valence-corrected chi connectivity index (χ2v) is 1.65. The molecule has 0 aromatic carbocycles. The molecule has 4 heteroatoms. The highest BCUT2D eigenvalue weighted by Crippen LogP contribution is 1.90. The Morgan fingerprint density at radius 2 is 1.90 bits per heavy atom. The number of carboxylic acids is 1. The molecule has 0 saturated heterocycles. The van der Waals surface area contributed by atoms with Crippen molar-refractivity contribution in [2.45, 2.75) is 13.3 Å². The first-order chi connectivity index (χ1) is 4.57. The summed E-state index contributed by atoms with van der Waals surface area (Å²) in [7, 11) is 0. The van der Waals surface area contributed by atoms with Gasteiger partial charge in [0.1, 0.15) is 0 Å². The van der Waals surface area contributed by atoms with E-state index in [1.54, 1.807) is 6.92 Å². The molecule has 0 aliphatic heterocycles. The van der Waals surface area contributed by atoms with Gasteiger partial charge in [0.15, 0.2) is 5.78 Å². The van der Waals surface area contributed by atoms with Gasteiger partial charge in [-0.2, -0.15) is 0 Å². The quantitative estimate of drug-likeness (QED) is 0.446. The van der Waals surface area contributed by atoms with Gasteiger partial charge in [-0.25, -0.2) is 4.79 Å². The van der Waals surface area contributed by atoms with Crippen molar-refractivity contribution in [2.24, 2.45) is 0 Å². The number of hydrogen-bond donors (Lipinski definition) is 2. The van der Waals surface area contributed by atoms with E-state index in [4.69, 9.17) is 10.2 Å². The van der Waals surface area contributed by atoms with E-state index in [0.29, 0.717) is 6.08 Å². The number of aliphatic hydroxyl groups is 1. The minimum Gasteiger partial charge on any atom is -0.502 e. The molecule has 0 aromatic rings. The standard InChI is InChI=1S/C6H8O4/c1-2-4(7)3-5(8)6(9)10/h3,8H,2H2,1H3,(H,9,10)/b5-3+. The number of carboxylic acid groups (broad SMARTS) is 1. The summed E-state index contributed by atoms with van der Waals surface area (Å²) in [5.74, 6) is -2.80. The van der Waals surface area contributed by atoms with Crippen LogP contribution in [-0.4, -0.2) is 22.0 Å². The van der Waals surface area contributed by atoms with Gasteiger partial charge in [0.05, 0.1) is 0 Å². The normalized spacial score (nSPS) is 11.1. The van der Waals surface area contributed by atoms with Crippen molar-refractivity contribution in [3.63, 3.8) is 0 Å². The van der Waals surface area contributed by atoms with Gasteiger partial charge in [-0.1, -0.05) is 6.92 Å². The van der Waals surface area contributed by atoms with E-state index >= 15 is 0 Å². The Morgan fingerprint density at radius 3 is 2.20 bits per heavy atom. The molecule has 0 bridgehead atoms. The van der Waals surface area contributed by atoms with Crippen LogP contribution in [0.4, 0.5) is 0 Å². The summed E-state index contributed by atoms with van der Waals surface area (Å²) in [6.07, 6.45) is 0.889. The van der Waals surface area contributed by atoms with Gasteiger partial charge in [0, 0.05) is 12.5 Å². The maximum atomic E-state index is 10.4. The monoisotopic (exact) mass is 144 g/mol.